The predicted octanol–water partition coefficient (Wildman–Crippen LogP) is 1.48. The second-order valence-electron chi connectivity index (χ2n) is 2.79. The van der Waals surface area contributed by atoms with Gasteiger partial charge in [-0.1, -0.05) is 6.58 Å². The molecule has 0 fully saturated rings. The summed E-state index contributed by atoms with van der Waals surface area (Å²) in [4.78, 5) is 21.7. The van der Waals surface area contributed by atoms with Crippen LogP contribution in [0.4, 0.5) is 0 Å². The molecule has 0 saturated heterocycles. The lowest BCUT2D eigenvalue weighted by Gasteiger charge is -2.07. The Kier molecular flexibility index (Phi) is 3.66. The number of aromatic carboxylic acids is 1. The number of ether oxygens (including phenoxy) is 2. The molecular weight excluding hydrogens is 212 g/mol. The molecule has 0 radical (unpaired) electrons. The third kappa shape index (κ3) is 2.60. The second kappa shape index (κ2) is 4.97. The van der Waals surface area contributed by atoms with Crippen molar-refractivity contribution in [3.63, 3.8) is 0 Å². The van der Waals surface area contributed by atoms with Gasteiger partial charge in [-0.25, -0.2) is 9.59 Å². The molecule has 1 aromatic rings. The van der Waals surface area contributed by atoms with Crippen molar-refractivity contribution in [2.24, 2.45) is 0 Å². The first-order valence-electron chi connectivity index (χ1n) is 4.34. The minimum atomic E-state index is -1.11. The van der Waals surface area contributed by atoms with Crippen molar-refractivity contribution in [1.29, 1.82) is 0 Å². The van der Waals surface area contributed by atoms with E-state index in [-0.39, 0.29) is 17.1 Å². The highest BCUT2D eigenvalue weighted by Gasteiger charge is 2.12. The summed E-state index contributed by atoms with van der Waals surface area (Å²) in [6, 6.07) is 3.99. The number of carboxylic acids is 1. The van der Waals surface area contributed by atoms with Crippen LogP contribution >= 0.6 is 0 Å². The van der Waals surface area contributed by atoms with E-state index in [2.05, 4.69) is 6.58 Å². The Morgan fingerprint density at radius 3 is 2.62 bits per heavy atom. The first-order valence-corrected chi connectivity index (χ1v) is 4.34. The summed E-state index contributed by atoms with van der Waals surface area (Å²) in [6.45, 7) is 3.25. The Morgan fingerprint density at radius 1 is 1.44 bits per heavy atom. The molecule has 0 heterocycles. The molecule has 1 N–H and O–H groups in total. The van der Waals surface area contributed by atoms with Crippen molar-refractivity contribution in [2.45, 2.75) is 0 Å². The molecule has 0 aliphatic heterocycles. The van der Waals surface area contributed by atoms with Crippen LogP contribution in [0.5, 0.6) is 11.5 Å². The van der Waals surface area contributed by atoms with Crippen LogP contribution in [0.3, 0.4) is 0 Å². The number of hydrogen-bond donors (Lipinski definition) is 1. The first kappa shape index (κ1) is 11.8. The SMILES string of the molecule is C=CC(=O)Oc1ccc(C(=O)O)c(OC)c1. The Morgan fingerprint density at radius 2 is 2.12 bits per heavy atom. The standard InChI is InChI=1S/C11H10O5/c1-3-10(12)16-7-4-5-8(11(13)14)9(6-7)15-2/h3-6H,1H2,2H3,(H,13,14). The molecule has 0 amide bonds. The fraction of sp³-hybridized carbons (Fsp3) is 0.0909. The first-order chi connectivity index (χ1) is 7.58. The molecule has 5 nitrogen and oxygen atoms in total. The van der Waals surface area contributed by atoms with Gasteiger partial charge in [-0.3, -0.25) is 0 Å². The normalized spacial score (nSPS) is 9.31. The Labute approximate surface area is 91.9 Å². The van der Waals surface area contributed by atoms with Crippen LogP contribution in [-0.2, 0) is 4.79 Å². The maximum atomic E-state index is 10.9. The molecule has 0 unspecified atom stereocenters. The lowest BCUT2D eigenvalue weighted by atomic mass is 10.2. The molecular formula is C11H10O5. The van der Waals surface area contributed by atoms with E-state index >= 15 is 0 Å². The molecule has 5 heteroatoms. The van der Waals surface area contributed by atoms with Crippen LogP contribution in [0.1, 0.15) is 10.4 Å². The zero-order chi connectivity index (χ0) is 12.1. The lowest BCUT2D eigenvalue weighted by Crippen LogP contribution is -2.05. The van der Waals surface area contributed by atoms with Crippen molar-refractivity contribution >= 4 is 11.9 Å². The number of hydrogen-bond acceptors (Lipinski definition) is 4. The highest BCUT2D eigenvalue weighted by molar-refractivity contribution is 5.91. The summed E-state index contributed by atoms with van der Waals surface area (Å²) >= 11 is 0. The number of methoxy groups -OCH3 is 1. The smallest absolute Gasteiger partial charge is 0.339 e. The molecule has 1 rings (SSSR count). The molecule has 0 atom stereocenters. The summed E-state index contributed by atoms with van der Waals surface area (Å²) in [7, 11) is 1.33. The topological polar surface area (TPSA) is 72.8 Å². The fourth-order valence-electron chi connectivity index (χ4n) is 1.07. The molecule has 16 heavy (non-hydrogen) atoms. The van der Waals surface area contributed by atoms with Gasteiger partial charge in [-0.2, -0.15) is 0 Å². The Bertz CT molecular complexity index is 436. The van der Waals surface area contributed by atoms with Crippen molar-refractivity contribution in [1.82, 2.24) is 0 Å². The van der Waals surface area contributed by atoms with Crippen molar-refractivity contribution in [3.05, 3.63) is 36.4 Å². The third-order valence-corrected chi connectivity index (χ3v) is 1.79. The highest BCUT2D eigenvalue weighted by atomic mass is 16.5. The summed E-state index contributed by atoms with van der Waals surface area (Å²) in [5, 5.41) is 8.81. The molecule has 0 spiro atoms. The molecule has 84 valence electrons. The molecule has 0 aromatic heterocycles. The van der Waals surface area contributed by atoms with Gasteiger partial charge in [-0.05, 0) is 12.1 Å². The Hall–Kier alpha value is -2.30. The van der Waals surface area contributed by atoms with Crippen LogP contribution in [-0.4, -0.2) is 24.2 Å². The molecule has 1 aromatic carbocycles. The largest absolute Gasteiger partial charge is 0.496 e. The minimum Gasteiger partial charge on any atom is -0.496 e. The quantitative estimate of drug-likeness (QED) is 0.474. The van der Waals surface area contributed by atoms with Crippen molar-refractivity contribution < 1.29 is 24.2 Å². The van der Waals surface area contributed by atoms with Gasteiger partial charge in [0.25, 0.3) is 0 Å². The molecule has 0 aliphatic rings. The van der Waals surface area contributed by atoms with Gasteiger partial charge in [0.15, 0.2) is 0 Å². The van der Waals surface area contributed by atoms with E-state index in [0.717, 1.165) is 6.08 Å². The van der Waals surface area contributed by atoms with Gasteiger partial charge >= 0.3 is 11.9 Å². The van der Waals surface area contributed by atoms with Gasteiger partial charge in [0.05, 0.1) is 7.11 Å². The van der Waals surface area contributed by atoms with Crippen molar-refractivity contribution in [2.75, 3.05) is 7.11 Å². The van der Waals surface area contributed by atoms with Gasteiger partial charge in [-0.15, -0.1) is 0 Å². The number of benzene rings is 1. The summed E-state index contributed by atoms with van der Waals surface area (Å²) in [5.74, 6) is -1.41. The number of carbonyl (C=O) groups is 2. The average molecular weight is 222 g/mol. The predicted molar refractivity (Wildman–Crippen MR) is 55.8 cm³/mol. The van der Waals surface area contributed by atoms with Crippen LogP contribution in [0.15, 0.2) is 30.9 Å². The maximum absolute atomic E-state index is 10.9. The Balaban J connectivity index is 3.04. The third-order valence-electron chi connectivity index (χ3n) is 1.79. The maximum Gasteiger partial charge on any atom is 0.339 e. The minimum absolute atomic E-state index is 0.000835. The number of carbonyl (C=O) groups excluding carboxylic acids is 1. The molecule has 0 aliphatic carbocycles. The zero-order valence-corrected chi connectivity index (χ0v) is 8.60. The van der Waals surface area contributed by atoms with E-state index in [1.807, 2.05) is 0 Å². The van der Waals surface area contributed by atoms with E-state index in [4.69, 9.17) is 14.6 Å². The van der Waals surface area contributed by atoms with Crippen LogP contribution in [0.25, 0.3) is 0 Å². The van der Waals surface area contributed by atoms with Gasteiger partial charge in [0.2, 0.25) is 0 Å². The fourth-order valence-corrected chi connectivity index (χ4v) is 1.07. The van der Waals surface area contributed by atoms with Gasteiger partial charge < -0.3 is 14.6 Å². The molecule has 0 saturated carbocycles. The van der Waals surface area contributed by atoms with Crippen LogP contribution in [0, 0.1) is 0 Å². The summed E-state index contributed by atoms with van der Waals surface area (Å²) < 4.78 is 9.68. The lowest BCUT2D eigenvalue weighted by molar-refractivity contribution is -0.128. The molecule has 0 bridgehead atoms. The van der Waals surface area contributed by atoms with Crippen molar-refractivity contribution in [3.8, 4) is 11.5 Å². The average Bonchev–Trinajstić information content (AvgIpc) is 2.28. The summed E-state index contributed by atoms with van der Waals surface area (Å²) in [5.41, 5.74) is 0.000835. The second-order valence-corrected chi connectivity index (χ2v) is 2.79. The monoisotopic (exact) mass is 222 g/mol. The highest BCUT2D eigenvalue weighted by Crippen LogP contribution is 2.24. The van der Waals surface area contributed by atoms with E-state index in [1.165, 1.54) is 25.3 Å². The summed E-state index contributed by atoms with van der Waals surface area (Å²) in [6.07, 6.45) is 1.01. The van der Waals surface area contributed by atoms with Crippen LogP contribution < -0.4 is 9.47 Å². The van der Waals surface area contributed by atoms with E-state index in [9.17, 15) is 9.59 Å². The van der Waals surface area contributed by atoms with Crippen LogP contribution in [0.2, 0.25) is 0 Å². The van der Waals surface area contributed by atoms with E-state index < -0.39 is 11.9 Å². The van der Waals surface area contributed by atoms with Gasteiger partial charge in [0, 0.05) is 12.1 Å². The zero-order valence-electron chi connectivity index (χ0n) is 8.60. The number of rotatable bonds is 4. The number of esters is 1. The van der Waals surface area contributed by atoms with E-state index in [1.54, 1.807) is 0 Å². The number of carboxylic acid groups (broad SMARTS) is 1. The van der Waals surface area contributed by atoms with Gasteiger partial charge in [0.1, 0.15) is 17.1 Å². The van der Waals surface area contributed by atoms with E-state index in [0.29, 0.717) is 0 Å².